The van der Waals surface area contributed by atoms with Crippen LogP contribution in [0.5, 0.6) is 0 Å². The molecule has 2 aliphatic heterocycles. The Balaban J connectivity index is 2.06. The van der Waals surface area contributed by atoms with E-state index in [1.807, 2.05) is 6.07 Å². The number of nitrogens with zero attached hydrogens (tertiary/aromatic N) is 2. The fraction of sp³-hybridized carbons (Fsp3) is 0.533. The molecule has 21 heavy (non-hydrogen) atoms. The van der Waals surface area contributed by atoms with Gasteiger partial charge in [-0.05, 0) is 50.4 Å². The van der Waals surface area contributed by atoms with Crippen LogP contribution in [-0.4, -0.2) is 37.9 Å². The Morgan fingerprint density at radius 2 is 2.05 bits per heavy atom. The van der Waals surface area contributed by atoms with Crippen molar-refractivity contribution in [3.05, 3.63) is 29.3 Å². The van der Waals surface area contributed by atoms with Crippen LogP contribution in [0.4, 0.5) is 0 Å². The Morgan fingerprint density at radius 1 is 1.29 bits per heavy atom. The largest absolute Gasteiger partial charge is 0.315 e. The molecular formula is C15H19N3O2S. The van der Waals surface area contributed by atoms with Gasteiger partial charge in [0.05, 0.1) is 16.5 Å². The average Bonchev–Trinajstić information content (AvgIpc) is 2.73. The molecule has 1 aromatic rings. The summed E-state index contributed by atoms with van der Waals surface area (Å²) < 4.78 is 27.8. The van der Waals surface area contributed by atoms with Crippen molar-refractivity contribution in [1.82, 2.24) is 9.62 Å². The topological polar surface area (TPSA) is 73.2 Å². The van der Waals surface area contributed by atoms with Gasteiger partial charge < -0.3 is 5.32 Å². The molecule has 0 aliphatic carbocycles. The first-order valence-corrected chi connectivity index (χ1v) is 8.73. The molecule has 0 aromatic heterocycles. The van der Waals surface area contributed by atoms with Crippen molar-refractivity contribution in [2.75, 3.05) is 13.1 Å². The van der Waals surface area contributed by atoms with Crippen LogP contribution in [0.15, 0.2) is 23.1 Å². The van der Waals surface area contributed by atoms with Crippen molar-refractivity contribution < 1.29 is 8.42 Å². The van der Waals surface area contributed by atoms with Gasteiger partial charge in [-0.15, -0.1) is 0 Å². The minimum atomic E-state index is -3.54. The average molecular weight is 305 g/mol. The molecule has 0 amide bonds. The second-order valence-corrected chi connectivity index (χ2v) is 7.62. The number of nitrogens with one attached hydrogen (secondary N) is 1. The Morgan fingerprint density at radius 3 is 2.81 bits per heavy atom. The van der Waals surface area contributed by atoms with Crippen molar-refractivity contribution in [2.45, 2.75) is 43.2 Å². The lowest BCUT2D eigenvalue weighted by molar-refractivity contribution is 0.334. The first-order chi connectivity index (χ1) is 10.0. The van der Waals surface area contributed by atoms with Gasteiger partial charge in [0.15, 0.2) is 0 Å². The molecule has 2 aliphatic rings. The third-order valence-corrected chi connectivity index (χ3v) is 6.61. The number of fused-ring (bicyclic) bond motifs is 2. The number of nitriles is 1. The van der Waals surface area contributed by atoms with E-state index in [4.69, 9.17) is 5.26 Å². The van der Waals surface area contributed by atoms with Gasteiger partial charge >= 0.3 is 0 Å². The summed E-state index contributed by atoms with van der Waals surface area (Å²) in [5, 5.41) is 12.3. The number of aryl methyl sites for hydroxylation is 1. The van der Waals surface area contributed by atoms with Crippen molar-refractivity contribution in [2.24, 2.45) is 0 Å². The highest BCUT2D eigenvalue weighted by Gasteiger charge is 2.43. The van der Waals surface area contributed by atoms with Crippen LogP contribution in [0.3, 0.4) is 0 Å². The zero-order valence-electron chi connectivity index (χ0n) is 12.0. The minimum Gasteiger partial charge on any atom is -0.315 e. The molecule has 6 heteroatoms. The van der Waals surface area contributed by atoms with Crippen LogP contribution in [0.2, 0.25) is 0 Å². The summed E-state index contributed by atoms with van der Waals surface area (Å²) >= 11 is 0. The maximum atomic E-state index is 13.1. The van der Waals surface area contributed by atoms with Crippen molar-refractivity contribution in [1.29, 1.82) is 5.26 Å². The summed E-state index contributed by atoms with van der Waals surface area (Å²) in [7, 11) is -3.54. The molecule has 3 rings (SSSR count). The molecule has 2 bridgehead atoms. The Hall–Kier alpha value is -1.42. The van der Waals surface area contributed by atoms with E-state index < -0.39 is 10.0 Å². The Kier molecular flexibility index (Phi) is 3.74. The molecule has 2 saturated heterocycles. The molecule has 0 saturated carbocycles. The summed E-state index contributed by atoms with van der Waals surface area (Å²) in [4.78, 5) is 0.278. The lowest BCUT2D eigenvalue weighted by Crippen LogP contribution is -2.42. The quantitative estimate of drug-likeness (QED) is 0.896. The summed E-state index contributed by atoms with van der Waals surface area (Å²) in [6.45, 7) is 3.36. The maximum absolute atomic E-state index is 13.1. The highest BCUT2D eigenvalue weighted by atomic mass is 32.2. The summed E-state index contributed by atoms with van der Waals surface area (Å²) in [5.41, 5.74) is 1.09. The van der Waals surface area contributed by atoms with Gasteiger partial charge in [-0.1, -0.05) is 6.07 Å². The lowest BCUT2D eigenvalue weighted by Gasteiger charge is -2.27. The number of benzene rings is 1. The second-order valence-electron chi connectivity index (χ2n) is 5.80. The molecule has 2 unspecified atom stereocenters. The molecule has 2 atom stereocenters. The van der Waals surface area contributed by atoms with Gasteiger partial charge in [-0.25, -0.2) is 8.42 Å². The van der Waals surface area contributed by atoms with E-state index >= 15 is 0 Å². The van der Waals surface area contributed by atoms with Crippen LogP contribution in [-0.2, 0) is 10.0 Å². The summed E-state index contributed by atoms with van der Waals surface area (Å²) in [5.74, 6) is 0. The fourth-order valence-electron chi connectivity index (χ4n) is 3.39. The normalized spacial score (nSPS) is 26.3. The van der Waals surface area contributed by atoms with Crippen LogP contribution in [0.25, 0.3) is 0 Å². The molecule has 1 N–H and O–H groups in total. The van der Waals surface area contributed by atoms with E-state index in [2.05, 4.69) is 5.32 Å². The SMILES string of the molecule is Cc1ccc(C#N)cc1S(=O)(=O)N1C2CCNCC1CC2. The van der Waals surface area contributed by atoms with Gasteiger partial charge in [0, 0.05) is 18.6 Å². The number of hydrogen-bond acceptors (Lipinski definition) is 4. The summed E-state index contributed by atoms with van der Waals surface area (Å²) in [6, 6.07) is 7.02. The van der Waals surface area contributed by atoms with Gasteiger partial charge in [-0.2, -0.15) is 9.57 Å². The third kappa shape index (κ3) is 2.46. The van der Waals surface area contributed by atoms with Crippen LogP contribution < -0.4 is 5.32 Å². The molecule has 1 aromatic carbocycles. The molecule has 0 spiro atoms. The number of sulfonamides is 1. The van der Waals surface area contributed by atoms with Crippen molar-refractivity contribution in [3.8, 4) is 6.07 Å². The Bertz CT molecular complexity index is 679. The molecule has 5 nitrogen and oxygen atoms in total. The van der Waals surface area contributed by atoms with Gasteiger partial charge in [0.1, 0.15) is 0 Å². The number of rotatable bonds is 2. The first kappa shape index (κ1) is 14.5. The molecule has 2 heterocycles. The van der Waals surface area contributed by atoms with Crippen LogP contribution in [0, 0.1) is 18.3 Å². The van der Waals surface area contributed by atoms with Gasteiger partial charge in [0.25, 0.3) is 0 Å². The standard InChI is InChI=1S/C15H19N3O2S/c1-11-2-3-12(9-16)8-15(11)21(19,20)18-13-4-5-14(18)10-17-7-6-13/h2-3,8,13-14,17H,4-7,10H2,1H3. The van der Waals surface area contributed by atoms with E-state index in [0.29, 0.717) is 17.7 Å². The van der Waals surface area contributed by atoms with E-state index in [1.54, 1.807) is 23.4 Å². The summed E-state index contributed by atoms with van der Waals surface area (Å²) in [6.07, 6.45) is 2.70. The molecular weight excluding hydrogens is 286 g/mol. The van der Waals surface area contributed by atoms with Crippen LogP contribution >= 0.6 is 0 Å². The van der Waals surface area contributed by atoms with Gasteiger partial charge in [-0.3, -0.25) is 0 Å². The maximum Gasteiger partial charge on any atom is 0.243 e. The van der Waals surface area contributed by atoms with E-state index in [-0.39, 0.29) is 17.0 Å². The minimum absolute atomic E-state index is 0.0349. The zero-order valence-corrected chi connectivity index (χ0v) is 12.9. The van der Waals surface area contributed by atoms with Gasteiger partial charge in [0.2, 0.25) is 10.0 Å². The highest BCUT2D eigenvalue weighted by molar-refractivity contribution is 7.89. The zero-order chi connectivity index (χ0) is 15.0. The smallest absolute Gasteiger partial charge is 0.243 e. The molecule has 112 valence electrons. The van der Waals surface area contributed by atoms with E-state index in [9.17, 15) is 8.42 Å². The first-order valence-electron chi connectivity index (χ1n) is 7.29. The monoisotopic (exact) mass is 305 g/mol. The highest BCUT2D eigenvalue weighted by Crippen LogP contribution is 2.34. The van der Waals surface area contributed by atoms with Crippen molar-refractivity contribution >= 4 is 10.0 Å². The fourth-order valence-corrected chi connectivity index (χ4v) is 5.55. The van der Waals surface area contributed by atoms with Crippen molar-refractivity contribution in [3.63, 3.8) is 0 Å². The number of hydrogen-bond donors (Lipinski definition) is 1. The third-order valence-electron chi connectivity index (χ3n) is 4.46. The lowest BCUT2D eigenvalue weighted by atomic mass is 10.1. The van der Waals surface area contributed by atoms with Crippen LogP contribution in [0.1, 0.15) is 30.4 Å². The predicted molar refractivity (Wildman–Crippen MR) is 79.2 cm³/mol. The predicted octanol–water partition coefficient (Wildman–Crippen LogP) is 1.38. The molecule has 0 radical (unpaired) electrons. The second kappa shape index (κ2) is 5.41. The molecule has 2 fully saturated rings. The van der Waals surface area contributed by atoms with E-state index in [1.165, 1.54) is 6.07 Å². The Labute approximate surface area is 125 Å². The van der Waals surface area contributed by atoms with E-state index in [0.717, 1.165) is 25.8 Å².